The predicted molar refractivity (Wildman–Crippen MR) is 113 cm³/mol. The van der Waals surface area contributed by atoms with Crippen LogP contribution in [0.25, 0.3) is 10.9 Å². The summed E-state index contributed by atoms with van der Waals surface area (Å²) in [5.74, 6) is 0.154. The van der Waals surface area contributed by atoms with E-state index in [0.717, 1.165) is 36.0 Å². The third kappa shape index (κ3) is 3.24. The molecule has 4 rings (SSSR count). The number of benzene rings is 2. The van der Waals surface area contributed by atoms with E-state index in [1.165, 1.54) is 5.56 Å². The van der Waals surface area contributed by atoms with E-state index in [2.05, 4.69) is 6.07 Å². The summed E-state index contributed by atoms with van der Waals surface area (Å²) in [4.78, 5) is 28.0. The molecule has 144 valence electrons. The zero-order chi connectivity index (χ0) is 19.9. The van der Waals surface area contributed by atoms with Gasteiger partial charge in [-0.3, -0.25) is 9.59 Å². The van der Waals surface area contributed by atoms with E-state index >= 15 is 0 Å². The van der Waals surface area contributed by atoms with Crippen molar-refractivity contribution in [3.63, 3.8) is 0 Å². The Morgan fingerprint density at radius 1 is 1.00 bits per heavy atom. The molecule has 0 N–H and O–H groups in total. The fourth-order valence-corrected chi connectivity index (χ4v) is 3.99. The summed E-state index contributed by atoms with van der Waals surface area (Å²) >= 11 is 0. The van der Waals surface area contributed by atoms with E-state index in [-0.39, 0.29) is 18.2 Å². The number of hydrogen-bond acceptors (Lipinski definition) is 2. The van der Waals surface area contributed by atoms with Gasteiger partial charge < -0.3 is 9.47 Å². The Balaban J connectivity index is 1.70. The number of fused-ring (bicyclic) bond motifs is 2. The van der Waals surface area contributed by atoms with Crippen molar-refractivity contribution in [1.29, 1.82) is 0 Å². The number of hydrogen-bond donors (Lipinski definition) is 0. The molecule has 0 saturated carbocycles. The number of anilines is 1. The number of aromatic nitrogens is 1. The number of ketones is 1. The third-order valence-corrected chi connectivity index (χ3v) is 5.43. The summed E-state index contributed by atoms with van der Waals surface area (Å²) in [6, 6.07) is 16.0. The molecule has 2 heterocycles. The van der Waals surface area contributed by atoms with Gasteiger partial charge in [0.1, 0.15) is 6.54 Å². The molecule has 1 aromatic heterocycles. The Morgan fingerprint density at radius 2 is 1.71 bits per heavy atom. The van der Waals surface area contributed by atoms with Crippen LogP contribution in [0.2, 0.25) is 0 Å². The average molecular weight is 374 g/mol. The first-order chi connectivity index (χ1) is 13.4. The summed E-state index contributed by atoms with van der Waals surface area (Å²) in [5.41, 5.74) is 3.39. The first kappa shape index (κ1) is 18.5. The molecular weight excluding hydrogens is 348 g/mol. The lowest BCUT2D eigenvalue weighted by molar-refractivity contribution is -0.119. The van der Waals surface area contributed by atoms with Gasteiger partial charge in [-0.1, -0.05) is 57.2 Å². The van der Waals surface area contributed by atoms with Crippen molar-refractivity contribution in [2.45, 2.75) is 40.2 Å². The minimum absolute atomic E-state index is 0.0580. The van der Waals surface area contributed by atoms with Gasteiger partial charge in [0.05, 0.1) is 0 Å². The smallest absolute Gasteiger partial charge is 0.246 e. The van der Waals surface area contributed by atoms with Gasteiger partial charge in [0.15, 0.2) is 5.78 Å². The molecule has 3 aromatic rings. The topological polar surface area (TPSA) is 42.3 Å². The molecule has 1 aliphatic rings. The molecule has 2 aromatic carbocycles. The number of nitrogens with zero attached hydrogens (tertiary/aromatic N) is 2. The molecule has 0 atom stereocenters. The maximum atomic E-state index is 13.2. The molecule has 0 unspecified atom stereocenters. The summed E-state index contributed by atoms with van der Waals surface area (Å²) in [5, 5.41) is 0.911. The normalized spacial score (nSPS) is 14.2. The first-order valence-corrected chi connectivity index (χ1v) is 9.87. The first-order valence-electron chi connectivity index (χ1n) is 9.87. The van der Waals surface area contributed by atoms with Crippen molar-refractivity contribution in [1.82, 2.24) is 4.57 Å². The molecule has 0 saturated heterocycles. The Kier molecular flexibility index (Phi) is 4.58. The standard InChI is InChI=1S/C24H26N2O2/c1-24(2,3)23(28)19-15-25(21-13-7-5-11-18(19)21)16-22(27)26-14-8-10-17-9-4-6-12-20(17)26/h4-7,9,11-13,15H,8,10,14,16H2,1-3H3. The minimum Gasteiger partial charge on any atom is -0.337 e. The van der Waals surface area contributed by atoms with Crippen LogP contribution in [0.15, 0.2) is 54.7 Å². The lowest BCUT2D eigenvalue weighted by atomic mass is 9.86. The van der Waals surface area contributed by atoms with Crippen molar-refractivity contribution in [3.8, 4) is 0 Å². The fourth-order valence-electron chi connectivity index (χ4n) is 3.99. The van der Waals surface area contributed by atoms with Crippen LogP contribution in [0.3, 0.4) is 0 Å². The van der Waals surface area contributed by atoms with Crippen molar-refractivity contribution in [2.24, 2.45) is 5.41 Å². The van der Waals surface area contributed by atoms with Crippen LogP contribution >= 0.6 is 0 Å². The molecule has 0 radical (unpaired) electrons. The fraction of sp³-hybridized carbons (Fsp3) is 0.333. The summed E-state index contributed by atoms with van der Waals surface area (Å²) in [6.07, 6.45) is 3.84. The summed E-state index contributed by atoms with van der Waals surface area (Å²) in [7, 11) is 0. The van der Waals surface area contributed by atoms with Crippen molar-refractivity contribution in [2.75, 3.05) is 11.4 Å². The van der Waals surface area contributed by atoms with Gasteiger partial charge >= 0.3 is 0 Å². The van der Waals surface area contributed by atoms with Crippen molar-refractivity contribution in [3.05, 3.63) is 65.9 Å². The Morgan fingerprint density at radius 3 is 2.50 bits per heavy atom. The largest absolute Gasteiger partial charge is 0.337 e. The number of aryl methyl sites for hydroxylation is 1. The zero-order valence-electron chi connectivity index (χ0n) is 16.7. The number of carbonyl (C=O) groups excluding carboxylic acids is 2. The number of para-hydroxylation sites is 2. The van der Waals surface area contributed by atoms with Gasteiger partial charge in [-0.25, -0.2) is 0 Å². The van der Waals surface area contributed by atoms with Gasteiger partial charge in [0.25, 0.3) is 0 Å². The number of amides is 1. The van der Waals surface area contributed by atoms with Crippen LogP contribution in [-0.2, 0) is 17.8 Å². The highest BCUT2D eigenvalue weighted by Gasteiger charge is 2.27. The van der Waals surface area contributed by atoms with E-state index in [0.29, 0.717) is 5.56 Å². The molecule has 1 aliphatic heterocycles. The van der Waals surface area contributed by atoms with Gasteiger partial charge in [-0.15, -0.1) is 0 Å². The molecule has 4 nitrogen and oxygen atoms in total. The van der Waals surface area contributed by atoms with E-state index < -0.39 is 5.41 Å². The average Bonchev–Trinajstić information content (AvgIpc) is 3.04. The molecule has 0 fully saturated rings. The number of Topliss-reactive ketones (excluding diaryl/α,β-unsaturated/α-hetero) is 1. The Labute approximate surface area is 165 Å². The number of rotatable bonds is 3. The molecule has 4 heteroatoms. The second-order valence-electron chi connectivity index (χ2n) is 8.54. The molecule has 1 amide bonds. The quantitative estimate of drug-likeness (QED) is 0.615. The Bertz CT molecular complexity index is 1060. The minimum atomic E-state index is -0.467. The molecule has 0 spiro atoms. The van der Waals surface area contributed by atoms with E-state index in [4.69, 9.17) is 0 Å². The summed E-state index contributed by atoms with van der Waals surface area (Å²) in [6.45, 7) is 6.75. The van der Waals surface area contributed by atoms with Crippen LogP contribution in [0.1, 0.15) is 43.1 Å². The highest BCUT2D eigenvalue weighted by Crippen LogP contribution is 2.30. The van der Waals surface area contributed by atoms with E-state index in [1.54, 1.807) is 0 Å². The second kappa shape index (κ2) is 6.93. The molecule has 0 aliphatic carbocycles. The van der Waals surface area contributed by atoms with Crippen LogP contribution in [0.4, 0.5) is 5.69 Å². The molecule has 0 bridgehead atoms. The van der Waals surface area contributed by atoms with Crippen LogP contribution in [0.5, 0.6) is 0 Å². The van der Waals surface area contributed by atoms with Crippen LogP contribution < -0.4 is 4.90 Å². The van der Waals surface area contributed by atoms with Crippen LogP contribution in [-0.4, -0.2) is 22.8 Å². The summed E-state index contributed by atoms with van der Waals surface area (Å²) < 4.78 is 1.92. The lowest BCUT2D eigenvalue weighted by Crippen LogP contribution is -2.37. The number of carbonyl (C=O) groups is 2. The van der Waals surface area contributed by atoms with E-state index in [1.807, 2.05) is 78.9 Å². The van der Waals surface area contributed by atoms with E-state index in [9.17, 15) is 9.59 Å². The maximum Gasteiger partial charge on any atom is 0.246 e. The maximum absolute atomic E-state index is 13.2. The van der Waals surface area contributed by atoms with Gasteiger partial charge in [0.2, 0.25) is 5.91 Å². The van der Waals surface area contributed by atoms with Gasteiger partial charge in [-0.05, 0) is 30.5 Å². The zero-order valence-corrected chi connectivity index (χ0v) is 16.7. The molecule has 28 heavy (non-hydrogen) atoms. The Hall–Kier alpha value is -2.88. The third-order valence-electron chi connectivity index (χ3n) is 5.43. The van der Waals surface area contributed by atoms with Gasteiger partial charge in [0, 0.05) is 40.3 Å². The van der Waals surface area contributed by atoms with Gasteiger partial charge in [-0.2, -0.15) is 0 Å². The monoisotopic (exact) mass is 374 g/mol. The SMILES string of the molecule is CC(C)(C)C(=O)c1cn(CC(=O)N2CCCc3ccccc32)c2ccccc12. The van der Waals surface area contributed by atoms with Crippen LogP contribution in [0, 0.1) is 5.41 Å². The second-order valence-corrected chi connectivity index (χ2v) is 8.54. The lowest BCUT2D eigenvalue weighted by Gasteiger charge is -2.29. The highest BCUT2D eigenvalue weighted by molar-refractivity contribution is 6.10. The molecular formula is C24H26N2O2. The van der Waals surface area contributed by atoms with Crippen molar-refractivity contribution < 1.29 is 9.59 Å². The predicted octanol–water partition coefficient (Wildman–Crippen LogP) is 4.85. The highest BCUT2D eigenvalue weighted by atomic mass is 16.2. The van der Waals surface area contributed by atoms with Crippen molar-refractivity contribution >= 4 is 28.3 Å².